The summed E-state index contributed by atoms with van der Waals surface area (Å²) in [5.74, 6) is -0.460. The summed E-state index contributed by atoms with van der Waals surface area (Å²) >= 11 is 6.02. The van der Waals surface area contributed by atoms with Crippen LogP contribution in [-0.4, -0.2) is 24.8 Å². The van der Waals surface area contributed by atoms with Gasteiger partial charge in [0, 0.05) is 30.2 Å². The lowest BCUT2D eigenvalue weighted by Gasteiger charge is -2.15. The summed E-state index contributed by atoms with van der Waals surface area (Å²) in [4.78, 5) is 35.1. The molecule has 168 valence electrons. The molecule has 0 fully saturated rings. The third kappa shape index (κ3) is 4.06. The minimum absolute atomic E-state index is 0.0432. The fourth-order valence-corrected chi connectivity index (χ4v) is 3.89. The van der Waals surface area contributed by atoms with Crippen molar-refractivity contribution in [2.75, 3.05) is 0 Å². The van der Waals surface area contributed by atoms with Crippen LogP contribution in [0.25, 0.3) is 16.7 Å². The maximum Gasteiger partial charge on any atom is 0.267 e. The van der Waals surface area contributed by atoms with E-state index in [2.05, 4.69) is 15.3 Å². The molecular weight excluding hydrogens is 452 g/mol. The Labute approximate surface area is 198 Å². The Kier molecular flexibility index (Phi) is 5.65. The molecule has 0 unspecified atom stereocenters. The first-order chi connectivity index (χ1) is 16.5. The highest BCUT2D eigenvalue weighted by molar-refractivity contribution is 6.30. The second-order valence-electron chi connectivity index (χ2n) is 7.75. The van der Waals surface area contributed by atoms with Crippen LogP contribution >= 0.6 is 11.6 Å². The topological polar surface area (TPSA) is 105 Å². The molecule has 0 radical (unpaired) electrons. The zero-order chi connectivity index (χ0) is 23.7. The molecule has 0 spiro atoms. The van der Waals surface area contributed by atoms with Crippen LogP contribution in [0, 0.1) is 5.41 Å². The van der Waals surface area contributed by atoms with Crippen LogP contribution in [-0.2, 0) is 13.1 Å². The van der Waals surface area contributed by atoms with Crippen molar-refractivity contribution in [1.29, 1.82) is 5.41 Å². The van der Waals surface area contributed by atoms with Crippen molar-refractivity contribution < 1.29 is 4.79 Å². The van der Waals surface area contributed by atoms with Crippen molar-refractivity contribution in [2.45, 2.75) is 13.1 Å². The third-order valence-corrected chi connectivity index (χ3v) is 5.74. The Balaban J connectivity index is 1.67. The maximum atomic E-state index is 13.3. The summed E-state index contributed by atoms with van der Waals surface area (Å²) in [6, 6.07) is 17.5. The van der Waals surface area contributed by atoms with Gasteiger partial charge in [0.15, 0.2) is 0 Å². The Morgan fingerprint density at radius 3 is 2.65 bits per heavy atom. The first kappa shape index (κ1) is 21.5. The average molecular weight is 471 g/mol. The largest absolute Gasteiger partial charge is 0.348 e. The Hall–Kier alpha value is -4.30. The van der Waals surface area contributed by atoms with Crippen LogP contribution in [0.2, 0.25) is 5.02 Å². The van der Waals surface area contributed by atoms with Gasteiger partial charge in [0.2, 0.25) is 0 Å². The Morgan fingerprint density at radius 2 is 1.88 bits per heavy atom. The zero-order valence-corrected chi connectivity index (χ0v) is 18.7. The van der Waals surface area contributed by atoms with Crippen molar-refractivity contribution >= 4 is 34.2 Å². The molecule has 0 aliphatic carbocycles. The molecule has 5 rings (SSSR count). The number of amides is 1. The molecule has 0 saturated carbocycles. The van der Waals surface area contributed by atoms with Gasteiger partial charge < -0.3 is 9.88 Å². The molecule has 0 bridgehead atoms. The molecule has 9 heteroatoms. The highest BCUT2D eigenvalue weighted by Gasteiger charge is 2.18. The lowest BCUT2D eigenvalue weighted by atomic mass is 10.1. The average Bonchev–Trinajstić information content (AvgIpc) is 2.86. The fourth-order valence-electron chi connectivity index (χ4n) is 3.77. The van der Waals surface area contributed by atoms with Gasteiger partial charge >= 0.3 is 0 Å². The number of fused-ring (bicyclic) bond motifs is 2. The van der Waals surface area contributed by atoms with Crippen LogP contribution in [0.1, 0.15) is 21.5 Å². The number of pyridine rings is 3. The van der Waals surface area contributed by atoms with E-state index in [4.69, 9.17) is 17.0 Å². The van der Waals surface area contributed by atoms with Crippen LogP contribution in [0.3, 0.4) is 0 Å². The third-order valence-electron chi connectivity index (χ3n) is 5.49. The number of halogens is 1. The molecule has 2 N–H and O–H groups in total. The number of benzene rings is 1. The van der Waals surface area contributed by atoms with Gasteiger partial charge in [-0.3, -0.25) is 24.4 Å². The van der Waals surface area contributed by atoms with Gasteiger partial charge in [0.1, 0.15) is 16.8 Å². The number of carbonyl (C=O) groups is 1. The summed E-state index contributed by atoms with van der Waals surface area (Å²) in [7, 11) is 0. The predicted octanol–water partition coefficient (Wildman–Crippen LogP) is 3.16. The quantitative estimate of drug-likeness (QED) is 0.385. The van der Waals surface area contributed by atoms with Gasteiger partial charge in [-0.25, -0.2) is 4.98 Å². The van der Waals surface area contributed by atoms with Gasteiger partial charge in [0.25, 0.3) is 11.5 Å². The van der Waals surface area contributed by atoms with Crippen molar-refractivity contribution in [3.05, 3.63) is 117 Å². The molecular formula is C25H19ClN6O2. The minimum atomic E-state index is -0.460. The van der Waals surface area contributed by atoms with Gasteiger partial charge in [-0.05, 0) is 47.5 Å². The lowest BCUT2D eigenvalue weighted by molar-refractivity contribution is 0.0948. The standard InChI is InChI=1S/C25H19ClN6O2/c26-18-8-6-16(7-9-18)15-32-22(27)19(24(33)29-14-17-4-3-10-28-13-17)12-20-23(32)30-21-5-1-2-11-31(21)25(20)34/h1-13,27H,14-15H2,(H,29,33). The molecule has 0 atom stereocenters. The molecule has 0 saturated heterocycles. The molecule has 4 aromatic heterocycles. The zero-order valence-electron chi connectivity index (χ0n) is 17.9. The molecule has 8 nitrogen and oxygen atoms in total. The van der Waals surface area contributed by atoms with E-state index in [0.717, 1.165) is 11.1 Å². The molecule has 4 heterocycles. The van der Waals surface area contributed by atoms with E-state index in [9.17, 15) is 9.59 Å². The Bertz CT molecular complexity index is 1640. The van der Waals surface area contributed by atoms with E-state index >= 15 is 0 Å². The maximum absolute atomic E-state index is 13.3. The molecule has 0 aliphatic heterocycles. The Morgan fingerprint density at radius 1 is 1.06 bits per heavy atom. The van der Waals surface area contributed by atoms with Crippen molar-refractivity contribution in [1.82, 2.24) is 24.3 Å². The number of hydrogen-bond acceptors (Lipinski definition) is 5. The van der Waals surface area contributed by atoms with Crippen LogP contribution in [0.15, 0.2) is 84.0 Å². The van der Waals surface area contributed by atoms with Crippen molar-refractivity contribution in [3.8, 4) is 0 Å². The van der Waals surface area contributed by atoms with Crippen LogP contribution < -0.4 is 16.4 Å². The molecule has 0 aliphatic rings. The smallest absolute Gasteiger partial charge is 0.267 e. The SMILES string of the molecule is N=c1c(C(=O)NCc2cccnc2)cc2c(=O)n3ccccc3nc2n1Cc1ccc(Cl)cc1. The summed E-state index contributed by atoms with van der Waals surface area (Å²) in [5.41, 5.74) is 2.19. The van der Waals surface area contributed by atoms with Gasteiger partial charge in [-0.2, -0.15) is 0 Å². The predicted molar refractivity (Wildman–Crippen MR) is 129 cm³/mol. The number of rotatable bonds is 5. The van der Waals surface area contributed by atoms with E-state index in [1.807, 2.05) is 18.2 Å². The van der Waals surface area contributed by atoms with E-state index in [1.54, 1.807) is 59.6 Å². The molecule has 1 amide bonds. The van der Waals surface area contributed by atoms with Gasteiger partial charge in [-0.15, -0.1) is 0 Å². The van der Waals surface area contributed by atoms with Crippen molar-refractivity contribution in [2.24, 2.45) is 0 Å². The van der Waals surface area contributed by atoms with Crippen molar-refractivity contribution in [3.63, 3.8) is 0 Å². The summed E-state index contributed by atoms with van der Waals surface area (Å²) in [6.07, 6.45) is 4.94. The number of nitrogens with one attached hydrogen (secondary N) is 2. The number of carbonyl (C=O) groups excluding carboxylic acids is 1. The lowest BCUT2D eigenvalue weighted by Crippen LogP contribution is -2.35. The van der Waals surface area contributed by atoms with Crippen LogP contribution in [0.5, 0.6) is 0 Å². The number of hydrogen-bond donors (Lipinski definition) is 2. The first-order valence-corrected chi connectivity index (χ1v) is 10.9. The molecule has 1 aromatic carbocycles. The summed E-state index contributed by atoms with van der Waals surface area (Å²) in [5, 5.41) is 12.5. The monoisotopic (exact) mass is 470 g/mol. The first-order valence-electron chi connectivity index (χ1n) is 10.5. The van der Waals surface area contributed by atoms with E-state index in [0.29, 0.717) is 16.3 Å². The highest BCUT2D eigenvalue weighted by Crippen LogP contribution is 2.14. The second kappa shape index (κ2) is 8.92. The number of nitrogens with zero attached hydrogens (tertiary/aromatic N) is 4. The molecule has 5 aromatic rings. The second-order valence-corrected chi connectivity index (χ2v) is 8.18. The fraction of sp³-hybridized carbons (Fsp3) is 0.0800. The molecule has 34 heavy (non-hydrogen) atoms. The van der Waals surface area contributed by atoms with E-state index in [-0.39, 0.29) is 35.1 Å². The van der Waals surface area contributed by atoms with E-state index < -0.39 is 5.91 Å². The summed E-state index contributed by atoms with van der Waals surface area (Å²) < 4.78 is 3.00. The normalized spacial score (nSPS) is 11.1. The minimum Gasteiger partial charge on any atom is -0.348 e. The highest BCUT2D eigenvalue weighted by atomic mass is 35.5. The van der Waals surface area contributed by atoms with Crippen LogP contribution in [0.4, 0.5) is 0 Å². The summed E-state index contributed by atoms with van der Waals surface area (Å²) in [6.45, 7) is 0.488. The number of aromatic nitrogens is 4. The van der Waals surface area contributed by atoms with E-state index in [1.165, 1.54) is 10.5 Å². The van der Waals surface area contributed by atoms with Gasteiger partial charge in [0.05, 0.1) is 17.5 Å². The van der Waals surface area contributed by atoms with Gasteiger partial charge in [-0.1, -0.05) is 35.9 Å².